The van der Waals surface area contributed by atoms with E-state index in [-0.39, 0.29) is 17.0 Å². The number of benzene rings is 1. The highest BCUT2D eigenvalue weighted by atomic mass is 19.4. The maximum absolute atomic E-state index is 13.9. The molecule has 3 rings (SSSR count). The number of aromatic nitrogens is 2. The Hall–Kier alpha value is -2.61. The molecule has 3 N–H and O–H groups in total. The van der Waals surface area contributed by atoms with Crippen LogP contribution >= 0.6 is 0 Å². The van der Waals surface area contributed by atoms with Gasteiger partial charge in [0.1, 0.15) is 11.6 Å². The third-order valence-corrected chi connectivity index (χ3v) is 4.91. The molecule has 0 saturated heterocycles. The number of H-pyrrole nitrogens is 1. The van der Waals surface area contributed by atoms with Crippen molar-refractivity contribution in [2.75, 3.05) is 0 Å². The minimum Gasteiger partial charge on any atom is -0.508 e. The lowest BCUT2D eigenvalue weighted by Crippen LogP contribution is -2.50. The summed E-state index contributed by atoms with van der Waals surface area (Å²) in [5.41, 5.74) is -3.70. The molecule has 0 radical (unpaired) electrons. The fourth-order valence-electron chi connectivity index (χ4n) is 3.58. The number of nitrogens with one attached hydrogen (secondary N) is 1. The number of halogens is 4. The molecule has 0 bridgehead atoms. The number of hydrogen-bond donors (Lipinski definition) is 3. The summed E-state index contributed by atoms with van der Waals surface area (Å²) in [6.45, 7) is 2.85. The predicted octanol–water partition coefficient (Wildman–Crippen LogP) is 4.61. The zero-order chi connectivity index (χ0) is 20.7. The van der Waals surface area contributed by atoms with Crippen LogP contribution in [-0.4, -0.2) is 32.0 Å². The molecule has 1 aromatic carbocycles. The highest BCUT2D eigenvalue weighted by molar-refractivity contribution is 5.79. The highest BCUT2D eigenvalue weighted by Crippen LogP contribution is 2.45. The molecule has 0 spiro atoms. The first kappa shape index (κ1) is 20.1. The van der Waals surface area contributed by atoms with Crippen molar-refractivity contribution in [3.05, 3.63) is 59.8 Å². The first-order valence-corrected chi connectivity index (χ1v) is 8.61. The van der Waals surface area contributed by atoms with Crippen LogP contribution in [0.25, 0.3) is 10.9 Å². The predicted molar refractivity (Wildman–Crippen MR) is 96.5 cm³/mol. The van der Waals surface area contributed by atoms with Crippen LogP contribution in [0.1, 0.15) is 31.5 Å². The van der Waals surface area contributed by atoms with Gasteiger partial charge in [-0.25, -0.2) is 4.39 Å². The van der Waals surface area contributed by atoms with Crippen molar-refractivity contribution < 1.29 is 27.8 Å². The number of alkyl halides is 3. The number of fused-ring (bicyclic) bond motifs is 1. The van der Waals surface area contributed by atoms with E-state index in [0.717, 1.165) is 18.2 Å². The van der Waals surface area contributed by atoms with Crippen LogP contribution in [0.4, 0.5) is 17.6 Å². The Kier molecular flexibility index (Phi) is 4.87. The van der Waals surface area contributed by atoms with E-state index in [1.165, 1.54) is 32.3 Å². The molecule has 1 atom stereocenters. The molecule has 4 nitrogen and oxygen atoms in total. The number of phenolic OH excluding ortho intramolecular Hbond substituents is 1. The summed E-state index contributed by atoms with van der Waals surface area (Å²) in [4.78, 5) is 6.75. The van der Waals surface area contributed by atoms with Gasteiger partial charge in [0.05, 0.1) is 11.7 Å². The van der Waals surface area contributed by atoms with Crippen LogP contribution in [0.2, 0.25) is 0 Å². The van der Waals surface area contributed by atoms with Gasteiger partial charge < -0.3 is 15.2 Å². The standard InChI is InChI=1S/C20H20F4N2O2/c1-18(2,15-8-13(21)3-4-17(15)27)11-19(28,20(22,23)24)9-14-7-12-5-6-25-10-16(12)26-14/h3-8,10,26-28H,9,11H2,1-2H3/t19-/m1/s1. The van der Waals surface area contributed by atoms with Gasteiger partial charge in [-0.15, -0.1) is 0 Å². The number of pyridine rings is 1. The lowest BCUT2D eigenvalue weighted by atomic mass is 9.73. The number of aliphatic hydroxyl groups is 1. The molecule has 0 aliphatic carbocycles. The normalized spacial score (nSPS) is 15.0. The minimum atomic E-state index is -4.94. The second-order valence-electron chi connectivity index (χ2n) is 7.69. The Morgan fingerprint density at radius 1 is 1.11 bits per heavy atom. The van der Waals surface area contributed by atoms with E-state index in [1.807, 2.05) is 0 Å². The summed E-state index contributed by atoms with van der Waals surface area (Å²) in [7, 11) is 0. The van der Waals surface area contributed by atoms with Crippen LogP contribution in [0, 0.1) is 5.82 Å². The van der Waals surface area contributed by atoms with Crippen molar-refractivity contribution in [3.63, 3.8) is 0 Å². The molecular formula is C20H20F4N2O2. The average molecular weight is 396 g/mol. The largest absolute Gasteiger partial charge is 0.508 e. The lowest BCUT2D eigenvalue weighted by molar-refractivity contribution is -0.266. The van der Waals surface area contributed by atoms with Gasteiger partial charge in [0.2, 0.25) is 0 Å². The maximum atomic E-state index is 13.9. The van der Waals surface area contributed by atoms with Gasteiger partial charge in [0.15, 0.2) is 5.60 Å². The van der Waals surface area contributed by atoms with Crippen molar-refractivity contribution in [2.45, 2.75) is 43.9 Å². The van der Waals surface area contributed by atoms with Crippen molar-refractivity contribution in [1.82, 2.24) is 9.97 Å². The molecule has 0 aliphatic rings. The molecule has 3 aromatic rings. The van der Waals surface area contributed by atoms with Crippen molar-refractivity contribution in [1.29, 1.82) is 0 Å². The zero-order valence-electron chi connectivity index (χ0n) is 15.3. The fourth-order valence-corrected chi connectivity index (χ4v) is 3.58. The molecule has 0 aliphatic heterocycles. The summed E-state index contributed by atoms with van der Waals surface area (Å²) >= 11 is 0. The number of aromatic hydroxyl groups is 1. The van der Waals surface area contributed by atoms with Gasteiger partial charge in [-0.05, 0) is 42.2 Å². The highest BCUT2D eigenvalue weighted by Gasteiger charge is 2.56. The number of nitrogens with zero attached hydrogens (tertiary/aromatic N) is 1. The maximum Gasteiger partial charge on any atom is 0.417 e. The second kappa shape index (κ2) is 6.77. The fraction of sp³-hybridized carbons (Fsp3) is 0.350. The van der Waals surface area contributed by atoms with E-state index in [9.17, 15) is 27.8 Å². The van der Waals surface area contributed by atoms with Gasteiger partial charge in [0, 0.05) is 29.3 Å². The first-order valence-electron chi connectivity index (χ1n) is 8.61. The Morgan fingerprint density at radius 3 is 2.46 bits per heavy atom. The van der Waals surface area contributed by atoms with Crippen molar-refractivity contribution in [2.24, 2.45) is 0 Å². The van der Waals surface area contributed by atoms with Crippen LogP contribution in [0.15, 0.2) is 42.7 Å². The zero-order valence-corrected chi connectivity index (χ0v) is 15.3. The molecule has 150 valence electrons. The smallest absolute Gasteiger partial charge is 0.417 e. The van der Waals surface area contributed by atoms with Gasteiger partial charge in [-0.3, -0.25) is 4.98 Å². The minimum absolute atomic E-state index is 0.00368. The summed E-state index contributed by atoms with van der Waals surface area (Å²) in [6, 6.07) is 6.27. The van der Waals surface area contributed by atoms with Crippen molar-refractivity contribution >= 4 is 10.9 Å². The Labute approximate surface area is 158 Å². The molecule has 0 amide bonds. The number of rotatable bonds is 5. The summed E-state index contributed by atoms with van der Waals surface area (Å²) in [5, 5.41) is 21.3. The Balaban J connectivity index is 1.98. The topological polar surface area (TPSA) is 69.1 Å². The number of phenols is 1. The first-order chi connectivity index (χ1) is 12.9. The van der Waals surface area contributed by atoms with E-state index >= 15 is 0 Å². The third-order valence-electron chi connectivity index (χ3n) is 4.91. The quantitative estimate of drug-likeness (QED) is 0.552. The monoisotopic (exact) mass is 396 g/mol. The SMILES string of the molecule is CC(C)(C[C@](O)(Cc1cc2ccncc2[nH]1)C(F)(F)F)c1cc(F)ccc1O. The van der Waals surface area contributed by atoms with Crippen LogP contribution in [0.3, 0.4) is 0 Å². The van der Waals surface area contributed by atoms with E-state index in [1.54, 1.807) is 6.07 Å². The van der Waals surface area contributed by atoms with Crippen LogP contribution in [-0.2, 0) is 11.8 Å². The van der Waals surface area contributed by atoms with E-state index in [0.29, 0.717) is 10.9 Å². The van der Waals surface area contributed by atoms with E-state index < -0.39 is 35.9 Å². The summed E-state index contributed by atoms with van der Waals surface area (Å²) in [5.74, 6) is -1.01. The Morgan fingerprint density at radius 2 is 1.82 bits per heavy atom. The van der Waals surface area contributed by atoms with E-state index in [2.05, 4.69) is 9.97 Å². The van der Waals surface area contributed by atoms with Gasteiger partial charge in [0.25, 0.3) is 0 Å². The van der Waals surface area contributed by atoms with Crippen LogP contribution in [0.5, 0.6) is 5.75 Å². The van der Waals surface area contributed by atoms with Gasteiger partial charge in [-0.1, -0.05) is 13.8 Å². The molecular weight excluding hydrogens is 376 g/mol. The second-order valence-corrected chi connectivity index (χ2v) is 7.69. The van der Waals surface area contributed by atoms with Crippen molar-refractivity contribution in [3.8, 4) is 5.75 Å². The molecule has 0 fully saturated rings. The molecule has 0 saturated carbocycles. The van der Waals surface area contributed by atoms with E-state index in [4.69, 9.17) is 0 Å². The number of aromatic amines is 1. The van der Waals surface area contributed by atoms with Crippen LogP contribution < -0.4 is 0 Å². The Bertz CT molecular complexity index is 964. The summed E-state index contributed by atoms with van der Waals surface area (Å²) in [6.07, 6.45) is -3.42. The average Bonchev–Trinajstić information content (AvgIpc) is 2.97. The summed E-state index contributed by atoms with van der Waals surface area (Å²) < 4.78 is 55.2. The molecule has 28 heavy (non-hydrogen) atoms. The molecule has 2 aromatic heterocycles. The lowest BCUT2D eigenvalue weighted by Gasteiger charge is -2.38. The molecule has 0 unspecified atom stereocenters. The molecule has 2 heterocycles. The number of hydrogen-bond acceptors (Lipinski definition) is 3. The van der Waals surface area contributed by atoms with Gasteiger partial charge >= 0.3 is 6.18 Å². The van der Waals surface area contributed by atoms with Gasteiger partial charge in [-0.2, -0.15) is 13.2 Å². The third kappa shape index (κ3) is 3.82. The molecule has 8 heteroatoms.